The van der Waals surface area contributed by atoms with E-state index >= 15 is 4.79 Å². The van der Waals surface area contributed by atoms with E-state index in [1.807, 2.05) is 143 Å². The van der Waals surface area contributed by atoms with Crippen LogP contribution in [0.3, 0.4) is 0 Å². The highest BCUT2D eigenvalue weighted by Crippen LogP contribution is 2.52. The number of phenols is 3. The Bertz CT molecular complexity index is 7290. The molecular formula is C102H106Cl9N19O9. The second-order valence-electron chi connectivity index (χ2n) is 37.4. The smallest absolute Gasteiger partial charge is 0.282 e. The van der Waals surface area contributed by atoms with E-state index in [9.17, 15) is 39.3 Å². The van der Waals surface area contributed by atoms with Crippen molar-refractivity contribution in [1.82, 2.24) is 63.2 Å². The van der Waals surface area contributed by atoms with Crippen LogP contribution in [0.15, 0.2) is 144 Å². The Morgan fingerprint density at radius 3 is 1.13 bits per heavy atom. The van der Waals surface area contributed by atoms with Crippen molar-refractivity contribution < 1.29 is 29.7 Å². The van der Waals surface area contributed by atoms with Gasteiger partial charge < -0.3 is 64.7 Å². The lowest BCUT2D eigenvalue weighted by Crippen LogP contribution is -2.64. The van der Waals surface area contributed by atoms with Gasteiger partial charge in [-0.05, 0) is 176 Å². The molecule has 28 nitrogen and oxygen atoms in total. The Hall–Kier alpha value is -11.4. The molecular weight excluding hydrogens is 1950 g/mol. The van der Waals surface area contributed by atoms with Gasteiger partial charge in [0.2, 0.25) is 17.7 Å². The average Bonchev–Trinajstić information content (AvgIpc) is 0.711. The van der Waals surface area contributed by atoms with E-state index in [-0.39, 0.29) is 168 Å². The first kappa shape index (κ1) is 101. The standard InChI is InChI=1S/C37H42Cl3N7O3.C33H33Cl3N6O3.C32H31Cl3N6O3/c1-8-29(49)45-19-23-18-44(13-9-12-43(6)7)35-34(46(23)17-22(45)5)26-16-28(39)32(25-14-24(48)15-27(38)30(25)40)42-36(26)47(37(35)50)33-21(4)10-11-41-31(33)20(2)3;1-7-25(44)40-15-19-14-39(6)31-30(41(19)13-18(40)5)22-12-24(35)28(21-10-20(43)11-23(34)26(21)36)38-32(22)42(33(31)45)29-17(4)8-9-37-27(29)16(2)3;1-6-24(43)39-14-18-12-37-28-30(40(18)13-17(39)5)21-11-23(34)27(20-9-19(42)10-22(33)25(20)35)38-31(21)41(32(28)44)29-16(4)7-8-36-26(29)15(2)3/h8,10-11,14-16,20,22-23,48H,1,9,12-13,17-19H2,2-7H3;7-12,16,18-19,43H,1,13-15H2,2-6H3;6-11,15,17-18,37,42H,1,12-14H2,2-5H3. The molecule has 0 bridgehead atoms. The summed E-state index contributed by atoms with van der Waals surface area (Å²) in [6.07, 6.45) is 10.1. The van der Waals surface area contributed by atoms with Crippen LogP contribution in [-0.2, 0) is 14.4 Å². The van der Waals surface area contributed by atoms with Crippen LogP contribution < -0.4 is 46.5 Å². The minimum atomic E-state index is -0.290. The number of likely N-dealkylation sites (N-methyl/N-ethyl adjacent to an activating group) is 1. The third-order valence-electron chi connectivity index (χ3n) is 26.7. The molecule has 0 saturated carbocycles. The van der Waals surface area contributed by atoms with Crippen LogP contribution in [0.5, 0.6) is 17.2 Å². The van der Waals surface area contributed by atoms with E-state index < -0.39 is 0 Å². The Kier molecular flexibility index (Phi) is 28.9. The van der Waals surface area contributed by atoms with E-state index in [4.69, 9.17) is 124 Å². The van der Waals surface area contributed by atoms with E-state index in [2.05, 4.69) is 59.5 Å². The molecule has 4 N–H and O–H groups in total. The zero-order valence-electron chi connectivity index (χ0n) is 79.4. The SMILES string of the molecule is C=CC(=O)N1CC2CN(C)c3c(c4cc(Cl)c(-c5cc(O)cc(Cl)c5Cl)nc4n(-c4c(C)ccnc4C(C)C)c3=O)N2CC1C.C=CC(=O)N1CC2CN(CCCN(C)C)c3c(c4cc(Cl)c(-c5cc(O)cc(Cl)c5Cl)nc4n(-c4c(C)ccnc4C(C)C)c3=O)N2CC1C.C=CC(=O)N1CC2CNc3c(c4cc(Cl)c(-c5cc(O)cc(Cl)c5Cl)nc4n(-c4c(C)ccnc4C(C)C)c3=O)N2CC1C. The van der Waals surface area contributed by atoms with Crippen molar-refractivity contribution in [3.05, 3.63) is 239 Å². The average molecular weight is 2060 g/mol. The third kappa shape index (κ3) is 18.3. The van der Waals surface area contributed by atoms with Gasteiger partial charge in [-0.25, -0.2) is 15.0 Å². The Balaban J connectivity index is 0.000000151. The molecule has 3 aromatic carbocycles. The molecule has 139 heavy (non-hydrogen) atoms. The molecule has 12 aromatic rings. The normalized spacial score (nSPS) is 17.7. The van der Waals surface area contributed by atoms with Crippen molar-refractivity contribution >= 4 is 189 Å². The second kappa shape index (κ2) is 39.9. The third-order valence-corrected chi connectivity index (χ3v) is 30.0. The molecule has 0 spiro atoms. The van der Waals surface area contributed by atoms with Crippen molar-refractivity contribution in [1.29, 1.82) is 0 Å². The number of nitrogens with zero attached hydrogens (tertiary/aromatic N) is 18. The van der Waals surface area contributed by atoms with Crippen LogP contribution in [-0.4, -0.2) is 226 Å². The summed E-state index contributed by atoms with van der Waals surface area (Å²) in [6, 6.07) is 18.7. The second-order valence-corrected chi connectivity index (χ2v) is 41.0. The number of rotatable bonds is 16. The number of phenolic OH excluding ortho intramolecular Hbond substituents is 3. The fourth-order valence-electron chi connectivity index (χ4n) is 20.2. The monoisotopic (exact) mass is 2060 g/mol. The maximum absolute atomic E-state index is 15.4. The molecule has 0 radical (unpaired) electrons. The largest absolute Gasteiger partial charge is 0.508 e. The van der Waals surface area contributed by atoms with Crippen LogP contribution in [0.25, 0.3) is 83.9 Å². The number of piperazine rings is 3. The number of hydrogen-bond donors (Lipinski definition) is 4. The number of hydrogen-bond acceptors (Lipinski definition) is 22. The first-order valence-electron chi connectivity index (χ1n) is 45.7. The zero-order valence-corrected chi connectivity index (χ0v) is 86.2. The van der Waals surface area contributed by atoms with E-state index in [1.165, 1.54) is 54.6 Å². The van der Waals surface area contributed by atoms with Gasteiger partial charge in [-0.2, -0.15) is 0 Å². The van der Waals surface area contributed by atoms with Crippen molar-refractivity contribution in [3.63, 3.8) is 0 Å². The number of nitrogens with one attached hydrogen (secondary N) is 1. The number of anilines is 6. The van der Waals surface area contributed by atoms with Gasteiger partial charge in [-0.3, -0.25) is 57.4 Å². The van der Waals surface area contributed by atoms with Crippen molar-refractivity contribution in [3.8, 4) is 68.1 Å². The summed E-state index contributed by atoms with van der Waals surface area (Å²) in [5.41, 5.74) is 12.4. The Labute approximate surface area is 849 Å². The number of fused-ring (bicyclic) bond motifs is 15. The summed E-state index contributed by atoms with van der Waals surface area (Å²) in [4.78, 5) is 131. The summed E-state index contributed by atoms with van der Waals surface area (Å²) in [6.45, 7) is 41.0. The fraction of sp³-hybridized carbons (Fsp3) is 0.353. The van der Waals surface area contributed by atoms with Gasteiger partial charge in [-0.1, -0.05) is 166 Å². The number of aromatic nitrogens is 9. The van der Waals surface area contributed by atoms with Crippen molar-refractivity contribution in [2.45, 2.75) is 144 Å². The maximum atomic E-state index is 15.4. The molecule has 6 aliphatic heterocycles. The molecule has 6 unspecified atom stereocenters. The first-order chi connectivity index (χ1) is 66.0. The van der Waals surface area contributed by atoms with Crippen molar-refractivity contribution in [2.24, 2.45) is 0 Å². The minimum absolute atomic E-state index is 0.00223. The summed E-state index contributed by atoms with van der Waals surface area (Å²) >= 11 is 60.0. The van der Waals surface area contributed by atoms with Crippen LogP contribution in [0.1, 0.15) is 120 Å². The van der Waals surface area contributed by atoms with E-state index in [0.29, 0.717) is 161 Å². The van der Waals surface area contributed by atoms with Gasteiger partial charge in [0.15, 0.2) is 0 Å². The predicted octanol–water partition coefficient (Wildman–Crippen LogP) is 20.1. The van der Waals surface area contributed by atoms with Gasteiger partial charge in [0.1, 0.15) is 51.3 Å². The molecule has 0 aliphatic carbocycles. The number of aryl methyl sites for hydroxylation is 3. The molecule has 6 aliphatic rings. The van der Waals surface area contributed by atoms with Gasteiger partial charge in [0.05, 0.1) is 132 Å². The first-order valence-corrected chi connectivity index (χ1v) is 49.1. The highest BCUT2D eigenvalue weighted by molar-refractivity contribution is 6.46. The molecule has 18 rings (SSSR count). The lowest BCUT2D eigenvalue weighted by Gasteiger charge is -2.52. The molecule has 3 fully saturated rings. The number of benzene rings is 3. The van der Waals surface area contributed by atoms with Crippen LogP contribution in [0.2, 0.25) is 45.2 Å². The van der Waals surface area contributed by atoms with E-state index in [0.717, 1.165) is 52.4 Å². The molecule has 3 amide bonds. The summed E-state index contributed by atoms with van der Waals surface area (Å²) < 4.78 is 4.89. The number of amides is 3. The van der Waals surface area contributed by atoms with Crippen LogP contribution in [0.4, 0.5) is 34.1 Å². The molecule has 9 aromatic heterocycles. The topological polar surface area (TPSA) is 296 Å². The maximum Gasteiger partial charge on any atom is 0.282 e. The minimum Gasteiger partial charge on any atom is -0.508 e. The quantitative estimate of drug-likeness (QED) is 0.0653. The van der Waals surface area contributed by atoms with Gasteiger partial charge in [0.25, 0.3) is 16.7 Å². The van der Waals surface area contributed by atoms with Gasteiger partial charge in [-0.15, -0.1) is 0 Å². The fourth-order valence-corrected chi connectivity index (χ4v) is 22.2. The molecule has 6 atom stereocenters. The number of halogens is 9. The number of aromatic hydroxyl groups is 3. The number of pyridine rings is 9. The lowest BCUT2D eigenvalue weighted by molar-refractivity contribution is -0.129. The lowest BCUT2D eigenvalue weighted by atomic mass is 9.98. The highest BCUT2D eigenvalue weighted by Gasteiger charge is 2.47. The van der Waals surface area contributed by atoms with Crippen molar-refractivity contribution in [2.75, 3.05) is 123 Å². The highest BCUT2D eigenvalue weighted by atomic mass is 35.5. The summed E-state index contributed by atoms with van der Waals surface area (Å²) in [5, 5.41) is 38.3. The molecule has 37 heteroatoms. The Morgan fingerprint density at radius 2 is 0.770 bits per heavy atom. The Morgan fingerprint density at radius 1 is 0.439 bits per heavy atom. The van der Waals surface area contributed by atoms with E-state index in [1.54, 1.807) is 49.3 Å². The summed E-state index contributed by atoms with van der Waals surface area (Å²) in [5.74, 6) is -0.683. The predicted molar refractivity (Wildman–Crippen MR) is 563 cm³/mol. The molecule has 3 saturated heterocycles. The zero-order chi connectivity index (χ0) is 100. The molecule has 726 valence electrons. The summed E-state index contributed by atoms with van der Waals surface area (Å²) in [7, 11) is 5.95. The van der Waals surface area contributed by atoms with Crippen LogP contribution >= 0.6 is 104 Å². The number of carbonyl (C=O) groups is 3. The van der Waals surface area contributed by atoms with Gasteiger partial charge >= 0.3 is 0 Å². The molecule has 15 heterocycles. The number of carbonyl (C=O) groups excluding carboxylic acids is 3. The van der Waals surface area contributed by atoms with Gasteiger partial charge in [0, 0.05) is 160 Å². The van der Waals surface area contributed by atoms with Crippen LogP contribution in [0, 0.1) is 20.8 Å².